The molecule has 1 aromatic carbocycles. The standard InChI is InChI=1S/C20H17N3O3/c24-19(22-16-7-3-9-21-12-16)17-11-14-5-1-2-6-15(14)13-23(17)20(25)18-8-4-10-26-18/h1-10,12,17H,11,13H2,(H,22,24)/t17-/m0/s1. The fourth-order valence-electron chi connectivity index (χ4n) is 3.17. The van der Waals surface area contributed by atoms with Gasteiger partial charge in [-0.1, -0.05) is 24.3 Å². The van der Waals surface area contributed by atoms with E-state index in [1.165, 1.54) is 6.26 Å². The summed E-state index contributed by atoms with van der Waals surface area (Å²) in [6, 6.07) is 14.0. The predicted octanol–water partition coefficient (Wildman–Crippen LogP) is 2.88. The van der Waals surface area contributed by atoms with Gasteiger partial charge in [0.2, 0.25) is 5.91 Å². The lowest BCUT2D eigenvalue weighted by Gasteiger charge is -2.35. The molecule has 1 N–H and O–H groups in total. The molecule has 3 heterocycles. The molecule has 3 aromatic rings. The first kappa shape index (κ1) is 16.1. The van der Waals surface area contributed by atoms with E-state index < -0.39 is 6.04 Å². The molecule has 0 saturated carbocycles. The van der Waals surface area contributed by atoms with E-state index in [0.717, 1.165) is 11.1 Å². The molecule has 0 spiro atoms. The topological polar surface area (TPSA) is 75.4 Å². The second-order valence-electron chi connectivity index (χ2n) is 6.13. The zero-order chi connectivity index (χ0) is 17.9. The molecule has 1 aliphatic heterocycles. The van der Waals surface area contributed by atoms with E-state index >= 15 is 0 Å². The van der Waals surface area contributed by atoms with Gasteiger partial charge >= 0.3 is 0 Å². The Morgan fingerprint density at radius 1 is 1.08 bits per heavy atom. The van der Waals surface area contributed by atoms with Gasteiger partial charge in [-0.2, -0.15) is 0 Å². The first-order valence-electron chi connectivity index (χ1n) is 8.34. The minimum atomic E-state index is -0.622. The van der Waals surface area contributed by atoms with E-state index in [0.29, 0.717) is 18.7 Å². The van der Waals surface area contributed by atoms with Crippen LogP contribution in [0.15, 0.2) is 71.6 Å². The van der Waals surface area contributed by atoms with Gasteiger partial charge in [0.15, 0.2) is 5.76 Å². The summed E-state index contributed by atoms with van der Waals surface area (Å²) in [6.07, 6.45) is 5.12. The van der Waals surface area contributed by atoms with Gasteiger partial charge in [0.1, 0.15) is 6.04 Å². The van der Waals surface area contributed by atoms with Gasteiger partial charge in [-0.25, -0.2) is 0 Å². The maximum Gasteiger partial charge on any atom is 0.290 e. The van der Waals surface area contributed by atoms with Gasteiger partial charge in [-0.05, 0) is 35.4 Å². The SMILES string of the molecule is O=C(Nc1cccnc1)[C@@H]1Cc2ccccc2CN1C(=O)c1ccco1. The van der Waals surface area contributed by atoms with Crippen LogP contribution in [0.5, 0.6) is 0 Å². The molecule has 0 saturated heterocycles. The fraction of sp³-hybridized carbons (Fsp3) is 0.150. The number of aromatic nitrogens is 1. The summed E-state index contributed by atoms with van der Waals surface area (Å²) in [4.78, 5) is 31.3. The van der Waals surface area contributed by atoms with Crippen molar-refractivity contribution in [2.45, 2.75) is 19.0 Å². The molecule has 1 aliphatic rings. The average Bonchev–Trinajstić information content (AvgIpc) is 3.22. The highest BCUT2D eigenvalue weighted by molar-refractivity contribution is 6.00. The molecule has 26 heavy (non-hydrogen) atoms. The molecule has 2 aromatic heterocycles. The van der Waals surface area contributed by atoms with Crippen molar-refractivity contribution in [3.05, 3.63) is 84.1 Å². The van der Waals surface area contributed by atoms with Crippen molar-refractivity contribution >= 4 is 17.5 Å². The Morgan fingerprint density at radius 3 is 2.65 bits per heavy atom. The van der Waals surface area contributed by atoms with Crippen molar-refractivity contribution in [2.24, 2.45) is 0 Å². The minimum absolute atomic E-state index is 0.226. The Morgan fingerprint density at radius 2 is 1.92 bits per heavy atom. The second-order valence-corrected chi connectivity index (χ2v) is 6.13. The molecule has 6 heteroatoms. The second kappa shape index (κ2) is 6.84. The third-order valence-electron chi connectivity index (χ3n) is 4.47. The van der Waals surface area contributed by atoms with Crippen LogP contribution in [0.4, 0.5) is 5.69 Å². The van der Waals surface area contributed by atoms with Crippen LogP contribution in [-0.4, -0.2) is 27.7 Å². The highest BCUT2D eigenvalue weighted by Gasteiger charge is 2.35. The van der Waals surface area contributed by atoms with Gasteiger partial charge in [0.25, 0.3) is 5.91 Å². The zero-order valence-corrected chi connectivity index (χ0v) is 14.0. The minimum Gasteiger partial charge on any atom is -0.459 e. The molecule has 0 aliphatic carbocycles. The van der Waals surface area contributed by atoms with Gasteiger partial charge < -0.3 is 14.6 Å². The molecular formula is C20H17N3O3. The first-order valence-corrected chi connectivity index (χ1v) is 8.34. The number of nitrogens with one attached hydrogen (secondary N) is 1. The van der Waals surface area contributed by atoms with Gasteiger partial charge in [-0.3, -0.25) is 14.6 Å². The molecule has 6 nitrogen and oxygen atoms in total. The van der Waals surface area contributed by atoms with Crippen LogP contribution in [0.2, 0.25) is 0 Å². The number of nitrogens with zero attached hydrogens (tertiary/aromatic N) is 2. The van der Waals surface area contributed by atoms with Crippen LogP contribution in [0.25, 0.3) is 0 Å². The number of carbonyl (C=O) groups is 2. The quantitative estimate of drug-likeness (QED) is 0.790. The van der Waals surface area contributed by atoms with Crippen molar-refractivity contribution in [1.29, 1.82) is 0 Å². The van der Waals surface area contributed by atoms with Crippen molar-refractivity contribution < 1.29 is 14.0 Å². The van der Waals surface area contributed by atoms with E-state index in [1.54, 1.807) is 41.6 Å². The zero-order valence-electron chi connectivity index (χ0n) is 14.0. The van der Waals surface area contributed by atoms with Crippen molar-refractivity contribution in [3.63, 3.8) is 0 Å². The predicted molar refractivity (Wildman–Crippen MR) is 95.4 cm³/mol. The van der Waals surface area contributed by atoms with Gasteiger partial charge in [0, 0.05) is 19.2 Å². The summed E-state index contributed by atoms with van der Waals surface area (Å²) in [7, 11) is 0. The number of anilines is 1. The molecule has 0 bridgehead atoms. The Hall–Kier alpha value is -3.41. The largest absolute Gasteiger partial charge is 0.459 e. The highest BCUT2D eigenvalue weighted by atomic mass is 16.3. The Kier molecular flexibility index (Phi) is 4.23. The number of rotatable bonds is 3. The van der Waals surface area contributed by atoms with Gasteiger partial charge in [0.05, 0.1) is 18.1 Å². The average molecular weight is 347 g/mol. The van der Waals surface area contributed by atoms with Crippen LogP contribution in [-0.2, 0) is 17.8 Å². The molecule has 0 unspecified atom stereocenters. The molecule has 1 atom stereocenters. The van der Waals surface area contributed by atoms with E-state index in [-0.39, 0.29) is 17.6 Å². The summed E-state index contributed by atoms with van der Waals surface area (Å²) in [5.74, 6) is -0.313. The third kappa shape index (κ3) is 3.09. The summed E-state index contributed by atoms with van der Waals surface area (Å²) in [5, 5.41) is 2.85. The maximum absolute atomic E-state index is 12.9. The van der Waals surface area contributed by atoms with Crippen molar-refractivity contribution in [1.82, 2.24) is 9.88 Å². The fourth-order valence-corrected chi connectivity index (χ4v) is 3.17. The summed E-state index contributed by atoms with van der Waals surface area (Å²) < 4.78 is 5.25. The Bertz CT molecular complexity index is 922. The molecule has 130 valence electrons. The Labute approximate surface area is 150 Å². The van der Waals surface area contributed by atoms with Crippen molar-refractivity contribution in [2.75, 3.05) is 5.32 Å². The number of benzene rings is 1. The lowest BCUT2D eigenvalue weighted by molar-refractivity contribution is -0.121. The van der Waals surface area contributed by atoms with E-state index in [9.17, 15) is 9.59 Å². The van der Waals surface area contributed by atoms with E-state index in [2.05, 4.69) is 10.3 Å². The lowest BCUT2D eigenvalue weighted by Crippen LogP contribution is -2.50. The number of carbonyl (C=O) groups excluding carboxylic acids is 2. The molecule has 0 fully saturated rings. The van der Waals surface area contributed by atoms with Gasteiger partial charge in [-0.15, -0.1) is 0 Å². The Balaban J connectivity index is 1.64. The number of fused-ring (bicyclic) bond motifs is 1. The first-order chi connectivity index (χ1) is 12.7. The highest BCUT2D eigenvalue weighted by Crippen LogP contribution is 2.26. The summed E-state index contributed by atoms with van der Waals surface area (Å²) in [5.41, 5.74) is 2.71. The number of furan rings is 1. The molecule has 2 amide bonds. The van der Waals surface area contributed by atoms with Crippen LogP contribution in [0.3, 0.4) is 0 Å². The number of amides is 2. The van der Waals surface area contributed by atoms with Crippen LogP contribution >= 0.6 is 0 Å². The smallest absolute Gasteiger partial charge is 0.290 e. The third-order valence-corrected chi connectivity index (χ3v) is 4.47. The lowest BCUT2D eigenvalue weighted by atomic mass is 9.93. The number of hydrogen-bond donors (Lipinski definition) is 1. The summed E-state index contributed by atoms with van der Waals surface area (Å²) in [6.45, 7) is 0.362. The number of pyridine rings is 1. The number of hydrogen-bond acceptors (Lipinski definition) is 4. The molecule has 0 radical (unpaired) electrons. The van der Waals surface area contributed by atoms with Crippen LogP contribution in [0, 0.1) is 0 Å². The molecule has 4 rings (SSSR count). The maximum atomic E-state index is 12.9. The van der Waals surface area contributed by atoms with Crippen LogP contribution < -0.4 is 5.32 Å². The molecular weight excluding hydrogens is 330 g/mol. The monoisotopic (exact) mass is 347 g/mol. The van der Waals surface area contributed by atoms with Crippen LogP contribution in [0.1, 0.15) is 21.7 Å². The van der Waals surface area contributed by atoms with E-state index in [1.807, 2.05) is 24.3 Å². The van der Waals surface area contributed by atoms with E-state index in [4.69, 9.17) is 4.42 Å². The normalized spacial score (nSPS) is 16.0. The van der Waals surface area contributed by atoms with Crippen molar-refractivity contribution in [3.8, 4) is 0 Å². The summed E-state index contributed by atoms with van der Waals surface area (Å²) >= 11 is 0.